The molecule has 0 bridgehead atoms. The molecule has 3 heteroatoms. The molecule has 1 N–H and O–H groups in total. The standard InChI is InChI=1S/C17H22N2O/c1-12-6-7-16-14(9-12)15(10-18-16)17(20)11-19-8-4-3-5-13(19)2/h6-7,9-10,13,18H,3-5,8,11H2,1-2H3/t13-/m1/s1. The van der Waals surface area contributed by atoms with Crippen molar-refractivity contribution >= 4 is 16.7 Å². The van der Waals surface area contributed by atoms with E-state index in [0.717, 1.165) is 23.0 Å². The van der Waals surface area contributed by atoms with Crippen LogP contribution in [0.4, 0.5) is 0 Å². The molecule has 2 heterocycles. The average molecular weight is 270 g/mol. The first kappa shape index (κ1) is 13.4. The molecule has 1 saturated heterocycles. The Labute approximate surface area is 120 Å². The number of benzene rings is 1. The fourth-order valence-electron chi connectivity index (χ4n) is 3.13. The van der Waals surface area contributed by atoms with E-state index >= 15 is 0 Å². The minimum absolute atomic E-state index is 0.232. The number of hydrogen-bond donors (Lipinski definition) is 1. The van der Waals surface area contributed by atoms with Crippen LogP contribution in [0.25, 0.3) is 10.9 Å². The number of nitrogens with zero attached hydrogens (tertiary/aromatic N) is 1. The number of rotatable bonds is 3. The van der Waals surface area contributed by atoms with Gasteiger partial charge in [-0.3, -0.25) is 9.69 Å². The number of ketones is 1. The maximum Gasteiger partial charge on any atom is 0.178 e. The number of aryl methyl sites for hydroxylation is 1. The van der Waals surface area contributed by atoms with Gasteiger partial charge in [-0.25, -0.2) is 0 Å². The molecule has 0 radical (unpaired) electrons. The number of hydrogen-bond acceptors (Lipinski definition) is 2. The Kier molecular flexibility index (Phi) is 3.62. The lowest BCUT2D eigenvalue weighted by molar-refractivity contribution is 0.0862. The molecule has 3 rings (SSSR count). The molecule has 0 aliphatic carbocycles. The van der Waals surface area contributed by atoms with E-state index in [1.54, 1.807) is 0 Å². The van der Waals surface area contributed by atoms with Crippen LogP contribution < -0.4 is 0 Å². The number of aromatic amines is 1. The zero-order chi connectivity index (χ0) is 14.1. The molecular weight excluding hydrogens is 248 g/mol. The maximum atomic E-state index is 12.6. The van der Waals surface area contributed by atoms with Gasteiger partial charge in [0.2, 0.25) is 0 Å². The smallest absolute Gasteiger partial charge is 0.178 e. The summed E-state index contributed by atoms with van der Waals surface area (Å²) in [6, 6.07) is 6.74. The first-order valence-corrected chi connectivity index (χ1v) is 7.50. The molecule has 0 amide bonds. The van der Waals surface area contributed by atoms with Crippen molar-refractivity contribution in [3.05, 3.63) is 35.5 Å². The van der Waals surface area contributed by atoms with Gasteiger partial charge in [0.25, 0.3) is 0 Å². The van der Waals surface area contributed by atoms with Gasteiger partial charge in [-0.15, -0.1) is 0 Å². The number of likely N-dealkylation sites (tertiary alicyclic amines) is 1. The second kappa shape index (κ2) is 5.41. The predicted octanol–water partition coefficient (Wildman–Crippen LogP) is 3.53. The summed E-state index contributed by atoms with van der Waals surface area (Å²) in [7, 11) is 0. The number of piperidine rings is 1. The molecule has 20 heavy (non-hydrogen) atoms. The summed E-state index contributed by atoms with van der Waals surface area (Å²) in [4.78, 5) is 18.1. The third kappa shape index (κ3) is 2.50. The highest BCUT2D eigenvalue weighted by Crippen LogP contribution is 2.22. The van der Waals surface area contributed by atoms with Crippen molar-refractivity contribution in [2.75, 3.05) is 13.1 Å². The molecule has 1 aliphatic heterocycles. The van der Waals surface area contributed by atoms with Crippen molar-refractivity contribution in [3.63, 3.8) is 0 Å². The number of carbonyl (C=O) groups excluding carboxylic acids is 1. The third-order valence-corrected chi connectivity index (χ3v) is 4.42. The van der Waals surface area contributed by atoms with Crippen LogP contribution in [-0.2, 0) is 0 Å². The number of H-pyrrole nitrogens is 1. The number of aromatic nitrogens is 1. The van der Waals surface area contributed by atoms with Gasteiger partial charge in [-0.05, 0) is 45.4 Å². The van der Waals surface area contributed by atoms with Gasteiger partial charge >= 0.3 is 0 Å². The van der Waals surface area contributed by atoms with Crippen LogP contribution in [0.5, 0.6) is 0 Å². The lowest BCUT2D eigenvalue weighted by atomic mass is 10.0. The monoisotopic (exact) mass is 270 g/mol. The zero-order valence-corrected chi connectivity index (χ0v) is 12.3. The van der Waals surface area contributed by atoms with Crippen LogP contribution in [0.1, 0.15) is 42.1 Å². The van der Waals surface area contributed by atoms with Gasteiger partial charge < -0.3 is 4.98 Å². The largest absolute Gasteiger partial charge is 0.360 e. The molecule has 1 atom stereocenters. The van der Waals surface area contributed by atoms with E-state index in [1.807, 2.05) is 12.3 Å². The van der Waals surface area contributed by atoms with Crippen LogP contribution in [0.3, 0.4) is 0 Å². The number of fused-ring (bicyclic) bond motifs is 1. The van der Waals surface area contributed by atoms with Crippen molar-refractivity contribution in [1.29, 1.82) is 0 Å². The van der Waals surface area contributed by atoms with Crippen LogP contribution in [0.15, 0.2) is 24.4 Å². The highest BCUT2D eigenvalue weighted by Gasteiger charge is 2.22. The summed E-state index contributed by atoms with van der Waals surface area (Å²) < 4.78 is 0. The molecule has 2 aromatic rings. The number of carbonyl (C=O) groups is 1. The molecule has 0 saturated carbocycles. The van der Waals surface area contributed by atoms with E-state index in [2.05, 4.69) is 35.9 Å². The number of Topliss-reactive ketones (excluding diaryl/α,β-unsaturated/α-hetero) is 1. The summed E-state index contributed by atoms with van der Waals surface area (Å²) in [5.41, 5.74) is 3.07. The van der Waals surface area contributed by atoms with Gasteiger partial charge in [0.1, 0.15) is 0 Å². The Morgan fingerprint density at radius 1 is 1.40 bits per heavy atom. The van der Waals surface area contributed by atoms with E-state index in [-0.39, 0.29) is 5.78 Å². The summed E-state index contributed by atoms with van der Waals surface area (Å²) in [5.74, 6) is 0.232. The Morgan fingerprint density at radius 3 is 3.05 bits per heavy atom. The van der Waals surface area contributed by atoms with Crippen molar-refractivity contribution in [3.8, 4) is 0 Å². The maximum absolute atomic E-state index is 12.6. The lowest BCUT2D eigenvalue weighted by Crippen LogP contribution is -2.40. The summed E-state index contributed by atoms with van der Waals surface area (Å²) in [6.45, 7) is 5.88. The number of nitrogens with one attached hydrogen (secondary N) is 1. The lowest BCUT2D eigenvalue weighted by Gasteiger charge is -2.32. The Morgan fingerprint density at radius 2 is 2.25 bits per heavy atom. The van der Waals surface area contributed by atoms with Crippen LogP contribution >= 0.6 is 0 Å². The normalized spacial score (nSPS) is 20.4. The molecular formula is C17H22N2O. The summed E-state index contributed by atoms with van der Waals surface area (Å²) >= 11 is 0. The second-order valence-corrected chi connectivity index (χ2v) is 5.99. The topological polar surface area (TPSA) is 36.1 Å². The van der Waals surface area contributed by atoms with E-state index in [4.69, 9.17) is 0 Å². The van der Waals surface area contributed by atoms with Gasteiger partial charge in [-0.2, -0.15) is 0 Å². The Bertz CT molecular complexity index is 629. The molecule has 0 spiro atoms. The molecule has 1 aliphatic rings. The van der Waals surface area contributed by atoms with Crippen LogP contribution in [0.2, 0.25) is 0 Å². The van der Waals surface area contributed by atoms with Gasteiger partial charge in [-0.1, -0.05) is 18.1 Å². The van der Waals surface area contributed by atoms with E-state index in [1.165, 1.54) is 24.8 Å². The summed E-state index contributed by atoms with van der Waals surface area (Å²) in [5, 5.41) is 1.06. The fourth-order valence-corrected chi connectivity index (χ4v) is 3.13. The van der Waals surface area contributed by atoms with Crippen molar-refractivity contribution in [1.82, 2.24) is 9.88 Å². The predicted molar refractivity (Wildman–Crippen MR) is 82.3 cm³/mol. The molecule has 3 nitrogen and oxygen atoms in total. The first-order valence-electron chi connectivity index (χ1n) is 7.50. The summed E-state index contributed by atoms with van der Waals surface area (Å²) in [6.07, 6.45) is 5.57. The molecule has 1 fully saturated rings. The average Bonchev–Trinajstić information content (AvgIpc) is 2.84. The first-order chi connectivity index (χ1) is 9.65. The van der Waals surface area contributed by atoms with Gasteiger partial charge in [0.15, 0.2) is 5.78 Å². The molecule has 0 unspecified atom stereocenters. The highest BCUT2D eigenvalue weighted by molar-refractivity contribution is 6.08. The molecule has 106 valence electrons. The third-order valence-electron chi connectivity index (χ3n) is 4.42. The van der Waals surface area contributed by atoms with Crippen molar-refractivity contribution in [2.24, 2.45) is 0 Å². The van der Waals surface area contributed by atoms with Crippen LogP contribution in [-0.4, -0.2) is 34.8 Å². The van der Waals surface area contributed by atoms with Gasteiger partial charge in [0, 0.05) is 28.7 Å². The minimum Gasteiger partial charge on any atom is -0.360 e. The zero-order valence-electron chi connectivity index (χ0n) is 12.3. The van der Waals surface area contributed by atoms with Crippen LogP contribution in [0, 0.1) is 6.92 Å². The van der Waals surface area contributed by atoms with E-state index in [9.17, 15) is 4.79 Å². The Balaban J connectivity index is 1.83. The second-order valence-electron chi connectivity index (χ2n) is 5.99. The van der Waals surface area contributed by atoms with E-state index < -0.39 is 0 Å². The highest BCUT2D eigenvalue weighted by atomic mass is 16.1. The molecule has 1 aromatic heterocycles. The van der Waals surface area contributed by atoms with Gasteiger partial charge in [0.05, 0.1) is 6.54 Å². The minimum atomic E-state index is 0.232. The van der Waals surface area contributed by atoms with Crippen molar-refractivity contribution < 1.29 is 4.79 Å². The quantitative estimate of drug-likeness (QED) is 0.866. The Hall–Kier alpha value is -1.61. The van der Waals surface area contributed by atoms with E-state index in [0.29, 0.717) is 12.6 Å². The fraction of sp³-hybridized carbons (Fsp3) is 0.471. The van der Waals surface area contributed by atoms with Crippen molar-refractivity contribution in [2.45, 2.75) is 39.2 Å². The SMILES string of the molecule is Cc1ccc2[nH]cc(C(=O)CN3CCCC[C@H]3C)c2c1. The molecule has 1 aromatic carbocycles.